The smallest absolute Gasteiger partial charge is 0.264 e. The lowest BCUT2D eigenvalue weighted by Gasteiger charge is -2.27. The molecule has 0 aromatic heterocycles. The van der Waals surface area contributed by atoms with E-state index >= 15 is 0 Å². The molecule has 2 aromatic rings. The molecular weight excluding hydrogens is 458 g/mol. The van der Waals surface area contributed by atoms with Crippen molar-refractivity contribution in [3.8, 4) is 5.75 Å². The molecule has 152 valence electrons. The Kier molecular flexibility index (Phi) is 7.56. The highest BCUT2D eigenvalue weighted by molar-refractivity contribution is 9.10. The molecule has 1 heterocycles. The molecule has 0 bridgehead atoms. The molecular formula is C20H20BrN3O4S. The van der Waals surface area contributed by atoms with Crippen molar-refractivity contribution in [2.24, 2.45) is 0 Å². The van der Waals surface area contributed by atoms with Crippen molar-refractivity contribution in [3.05, 3.63) is 58.6 Å². The minimum atomic E-state index is -0.383. The first-order valence-electron chi connectivity index (χ1n) is 8.97. The largest absolute Gasteiger partial charge is 0.484 e. The van der Waals surface area contributed by atoms with Crippen LogP contribution in [-0.2, 0) is 9.53 Å². The van der Waals surface area contributed by atoms with Gasteiger partial charge < -0.3 is 19.7 Å². The third-order valence-corrected chi connectivity index (χ3v) is 4.83. The van der Waals surface area contributed by atoms with Crippen molar-refractivity contribution in [1.82, 2.24) is 10.2 Å². The molecule has 0 radical (unpaired) electrons. The fraction of sp³-hybridized carbons (Fsp3) is 0.250. The van der Waals surface area contributed by atoms with E-state index in [9.17, 15) is 9.59 Å². The molecule has 0 unspecified atom stereocenters. The summed E-state index contributed by atoms with van der Waals surface area (Å²) in [5.74, 6) is 0.136. The van der Waals surface area contributed by atoms with Gasteiger partial charge in [0.2, 0.25) is 0 Å². The number of benzene rings is 2. The Hall–Kier alpha value is -2.49. The first-order valence-corrected chi connectivity index (χ1v) is 10.2. The van der Waals surface area contributed by atoms with E-state index in [-0.39, 0.29) is 23.5 Å². The van der Waals surface area contributed by atoms with Gasteiger partial charge in [-0.2, -0.15) is 0 Å². The van der Waals surface area contributed by atoms with Crippen LogP contribution < -0.4 is 15.4 Å². The number of amides is 2. The van der Waals surface area contributed by atoms with Crippen LogP contribution >= 0.6 is 28.1 Å². The van der Waals surface area contributed by atoms with Crippen LogP contribution in [0.1, 0.15) is 10.4 Å². The lowest BCUT2D eigenvalue weighted by molar-refractivity contribution is -0.121. The number of hydrogen-bond donors (Lipinski definition) is 2. The first-order chi connectivity index (χ1) is 14.0. The van der Waals surface area contributed by atoms with Crippen molar-refractivity contribution in [3.63, 3.8) is 0 Å². The molecule has 2 amide bonds. The number of carbonyl (C=O) groups is 2. The predicted octanol–water partition coefficient (Wildman–Crippen LogP) is 2.81. The van der Waals surface area contributed by atoms with Crippen molar-refractivity contribution in [2.75, 3.05) is 38.2 Å². The molecule has 1 saturated heterocycles. The minimum absolute atomic E-state index is 0.0604. The molecule has 7 nitrogen and oxygen atoms in total. The second kappa shape index (κ2) is 10.3. The molecule has 0 spiro atoms. The Morgan fingerprint density at radius 1 is 1.14 bits per heavy atom. The van der Waals surface area contributed by atoms with Gasteiger partial charge in [0.05, 0.1) is 13.2 Å². The summed E-state index contributed by atoms with van der Waals surface area (Å²) < 4.78 is 11.6. The maximum absolute atomic E-state index is 12.6. The van der Waals surface area contributed by atoms with E-state index in [1.807, 2.05) is 12.1 Å². The lowest BCUT2D eigenvalue weighted by atomic mass is 10.1. The number of nitrogens with zero attached hydrogens (tertiary/aromatic N) is 1. The number of ether oxygens (including phenoxy) is 2. The average molecular weight is 478 g/mol. The van der Waals surface area contributed by atoms with Crippen LogP contribution in [0.5, 0.6) is 5.75 Å². The zero-order chi connectivity index (χ0) is 20.6. The second-order valence-electron chi connectivity index (χ2n) is 6.23. The number of hydrogen-bond acceptors (Lipinski definition) is 5. The zero-order valence-electron chi connectivity index (χ0n) is 15.5. The number of nitrogens with one attached hydrogen (secondary N) is 2. The van der Waals surface area contributed by atoms with Crippen molar-refractivity contribution in [1.29, 1.82) is 0 Å². The molecule has 1 fully saturated rings. The number of morpholine rings is 1. The van der Waals surface area contributed by atoms with E-state index < -0.39 is 0 Å². The third kappa shape index (κ3) is 6.52. The highest BCUT2D eigenvalue weighted by atomic mass is 79.9. The van der Waals surface area contributed by atoms with Crippen LogP contribution in [0.25, 0.3) is 0 Å². The van der Waals surface area contributed by atoms with Gasteiger partial charge in [0.15, 0.2) is 11.7 Å². The van der Waals surface area contributed by atoms with Gasteiger partial charge >= 0.3 is 0 Å². The normalized spacial score (nSPS) is 13.5. The van der Waals surface area contributed by atoms with Gasteiger partial charge in [0.1, 0.15) is 5.75 Å². The summed E-state index contributed by atoms with van der Waals surface area (Å²) in [7, 11) is 0. The van der Waals surface area contributed by atoms with E-state index in [0.717, 1.165) is 4.47 Å². The Morgan fingerprint density at radius 3 is 2.59 bits per heavy atom. The first kappa shape index (κ1) is 21.2. The molecule has 0 saturated carbocycles. The standard InChI is InChI=1S/C20H20BrN3O4S/c21-15-4-6-17(7-5-15)28-13-18(25)23-20(29)22-16-3-1-2-14(12-16)19(26)24-8-10-27-11-9-24/h1-7,12H,8-11,13H2,(H2,22,23,25,29). The summed E-state index contributed by atoms with van der Waals surface area (Å²) in [5, 5.41) is 5.61. The van der Waals surface area contributed by atoms with E-state index in [2.05, 4.69) is 26.6 Å². The molecule has 2 N–H and O–H groups in total. The highest BCUT2D eigenvalue weighted by Gasteiger charge is 2.18. The van der Waals surface area contributed by atoms with Crippen molar-refractivity contribution >= 4 is 50.8 Å². The molecule has 2 aromatic carbocycles. The quantitative estimate of drug-likeness (QED) is 0.644. The SMILES string of the molecule is O=C(COc1ccc(Br)cc1)NC(=S)Nc1cccc(C(=O)N2CCOCC2)c1. The van der Waals surface area contributed by atoms with Crippen LogP contribution in [0.4, 0.5) is 5.69 Å². The van der Waals surface area contributed by atoms with Crippen LogP contribution in [0.2, 0.25) is 0 Å². The molecule has 0 atom stereocenters. The fourth-order valence-corrected chi connectivity index (χ4v) is 3.18. The minimum Gasteiger partial charge on any atom is -0.484 e. The zero-order valence-corrected chi connectivity index (χ0v) is 17.9. The predicted molar refractivity (Wildman–Crippen MR) is 117 cm³/mol. The van der Waals surface area contributed by atoms with E-state index in [1.165, 1.54) is 0 Å². The number of carbonyl (C=O) groups excluding carboxylic acids is 2. The molecule has 9 heteroatoms. The second-order valence-corrected chi connectivity index (χ2v) is 7.55. The average Bonchev–Trinajstić information content (AvgIpc) is 2.73. The maximum atomic E-state index is 12.6. The Morgan fingerprint density at radius 2 is 1.86 bits per heavy atom. The summed E-state index contributed by atoms with van der Waals surface area (Å²) in [6, 6.07) is 14.1. The molecule has 0 aliphatic carbocycles. The van der Waals surface area contributed by atoms with Crippen LogP contribution in [0.15, 0.2) is 53.0 Å². The van der Waals surface area contributed by atoms with Crippen molar-refractivity contribution < 1.29 is 19.1 Å². The van der Waals surface area contributed by atoms with Crippen LogP contribution in [-0.4, -0.2) is 54.7 Å². The molecule has 3 rings (SSSR count). The Bertz CT molecular complexity index is 886. The summed E-state index contributed by atoms with van der Waals surface area (Å²) >= 11 is 8.51. The van der Waals surface area contributed by atoms with Crippen LogP contribution in [0.3, 0.4) is 0 Å². The van der Waals surface area contributed by atoms with E-state index in [4.69, 9.17) is 21.7 Å². The molecule has 1 aliphatic rings. The highest BCUT2D eigenvalue weighted by Crippen LogP contribution is 2.16. The fourth-order valence-electron chi connectivity index (χ4n) is 2.68. The number of halogens is 1. The lowest BCUT2D eigenvalue weighted by Crippen LogP contribution is -2.40. The van der Waals surface area contributed by atoms with Crippen LogP contribution in [0, 0.1) is 0 Å². The Labute approximate surface area is 182 Å². The Balaban J connectivity index is 1.50. The summed E-state index contributed by atoms with van der Waals surface area (Å²) in [4.78, 5) is 26.3. The van der Waals surface area contributed by atoms with Gasteiger partial charge in [-0.05, 0) is 54.7 Å². The third-order valence-electron chi connectivity index (χ3n) is 4.10. The van der Waals surface area contributed by atoms with Gasteiger partial charge in [0, 0.05) is 28.8 Å². The topological polar surface area (TPSA) is 79.9 Å². The summed E-state index contributed by atoms with van der Waals surface area (Å²) in [6.45, 7) is 2.07. The van der Waals surface area contributed by atoms with Gasteiger partial charge in [0.25, 0.3) is 11.8 Å². The van der Waals surface area contributed by atoms with Crippen molar-refractivity contribution in [2.45, 2.75) is 0 Å². The summed E-state index contributed by atoms with van der Waals surface area (Å²) in [6.07, 6.45) is 0. The molecule has 29 heavy (non-hydrogen) atoms. The van der Waals surface area contributed by atoms with Gasteiger partial charge in [-0.15, -0.1) is 0 Å². The van der Waals surface area contributed by atoms with Gasteiger partial charge in [-0.3, -0.25) is 14.9 Å². The number of rotatable bonds is 5. The number of anilines is 1. The van der Waals surface area contributed by atoms with E-state index in [1.54, 1.807) is 41.3 Å². The summed E-state index contributed by atoms with van der Waals surface area (Å²) in [5.41, 5.74) is 1.16. The van der Waals surface area contributed by atoms with E-state index in [0.29, 0.717) is 43.3 Å². The monoisotopic (exact) mass is 477 g/mol. The number of thiocarbonyl (C=S) groups is 1. The molecule has 1 aliphatic heterocycles. The van der Waals surface area contributed by atoms with Gasteiger partial charge in [-0.25, -0.2) is 0 Å². The van der Waals surface area contributed by atoms with Gasteiger partial charge in [-0.1, -0.05) is 22.0 Å². The maximum Gasteiger partial charge on any atom is 0.264 e.